The Morgan fingerprint density at radius 1 is 1.07 bits per heavy atom. The summed E-state index contributed by atoms with van der Waals surface area (Å²) in [7, 11) is 0. The largest absolute Gasteiger partial charge is 0.350 e. The number of thioether (sulfide) groups is 1. The van der Waals surface area contributed by atoms with Crippen LogP contribution in [0.1, 0.15) is 28.9 Å². The number of carbonyl (C=O) groups is 2. The van der Waals surface area contributed by atoms with E-state index in [0.29, 0.717) is 18.8 Å². The molecule has 0 saturated carbocycles. The lowest BCUT2D eigenvalue weighted by molar-refractivity contribution is -0.129. The summed E-state index contributed by atoms with van der Waals surface area (Å²) in [6.45, 7) is 3.04. The van der Waals surface area contributed by atoms with Gasteiger partial charge < -0.3 is 14.8 Å². The summed E-state index contributed by atoms with van der Waals surface area (Å²) in [6, 6.07) is 12.0. The van der Waals surface area contributed by atoms with Crippen LogP contribution in [0.2, 0.25) is 0 Å². The van der Waals surface area contributed by atoms with Crippen molar-refractivity contribution in [2.24, 2.45) is 0 Å². The SMILES string of the molecule is O=C(NCCn1cc(SCC(=O)N2CCCCC2)c2ccccc21)c1cccs1. The monoisotopic (exact) mass is 427 g/mol. The molecule has 2 amide bonds. The van der Waals surface area contributed by atoms with Crippen LogP contribution in [0.3, 0.4) is 0 Å². The maximum absolute atomic E-state index is 12.5. The van der Waals surface area contributed by atoms with E-state index in [1.807, 2.05) is 34.5 Å². The van der Waals surface area contributed by atoms with Crippen molar-refractivity contribution in [3.05, 3.63) is 52.9 Å². The fraction of sp³-hybridized carbons (Fsp3) is 0.364. The van der Waals surface area contributed by atoms with Gasteiger partial charge in [-0.25, -0.2) is 0 Å². The number of aromatic nitrogens is 1. The number of fused-ring (bicyclic) bond motifs is 1. The molecule has 0 atom stereocenters. The van der Waals surface area contributed by atoms with Gasteiger partial charge in [0, 0.05) is 48.2 Å². The first-order chi connectivity index (χ1) is 14.2. The Hall–Kier alpha value is -2.25. The minimum atomic E-state index is -0.0295. The smallest absolute Gasteiger partial charge is 0.261 e. The molecular formula is C22H25N3O2S2. The molecule has 1 saturated heterocycles. The normalized spacial score (nSPS) is 14.3. The number of nitrogens with zero attached hydrogens (tertiary/aromatic N) is 2. The van der Waals surface area contributed by atoms with Gasteiger partial charge >= 0.3 is 0 Å². The summed E-state index contributed by atoms with van der Waals surface area (Å²) in [5.74, 6) is 0.677. The van der Waals surface area contributed by atoms with Crippen molar-refractivity contribution in [1.29, 1.82) is 0 Å². The second kappa shape index (κ2) is 9.50. The summed E-state index contributed by atoms with van der Waals surface area (Å²) < 4.78 is 2.16. The predicted octanol–water partition coefficient (Wildman–Crippen LogP) is 4.24. The van der Waals surface area contributed by atoms with Gasteiger partial charge in [0.25, 0.3) is 5.91 Å². The summed E-state index contributed by atoms with van der Waals surface area (Å²) in [4.78, 5) is 28.5. The first-order valence-corrected chi connectivity index (χ1v) is 11.9. The summed E-state index contributed by atoms with van der Waals surface area (Å²) >= 11 is 3.06. The maximum atomic E-state index is 12.5. The molecule has 4 rings (SSSR count). The van der Waals surface area contributed by atoms with Gasteiger partial charge in [0.1, 0.15) is 0 Å². The third-order valence-corrected chi connectivity index (χ3v) is 7.09. The van der Waals surface area contributed by atoms with Crippen LogP contribution < -0.4 is 5.32 Å². The molecule has 0 spiro atoms. The molecule has 2 aromatic heterocycles. The van der Waals surface area contributed by atoms with Crippen LogP contribution in [0, 0.1) is 0 Å². The molecule has 5 nitrogen and oxygen atoms in total. The number of nitrogens with one attached hydrogen (secondary N) is 1. The first kappa shape index (κ1) is 20.0. The van der Waals surface area contributed by atoms with Crippen LogP contribution >= 0.6 is 23.1 Å². The van der Waals surface area contributed by atoms with Crippen LogP contribution in [0.15, 0.2) is 52.9 Å². The predicted molar refractivity (Wildman–Crippen MR) is 120 cm³/mol. The maximum Gasteiger partial charge on any atom is 0.261 e. The molecule has 1 aliphatic heterocycles. The standard InChI is InChI=1S/C22H25N3O2S2/c26-21(24-11-4-1-5-12-24)16-29-20-15-25(18-8-3-2-7-17(18)20)13-10-23-22(27)19-9-6-14-28-19/h2-3,6-9,14-15H,1,4-5,10-13,16H2,(H,23,27). The van der Waals surface area contributed by atoms with Crippen LogP contribution in [0.4, 0.5) is 0 Å². The van der Waals surface area contributed by atoms with Crippen molar-refractivity contribution in [1.82, 2.24) is 14.8 Å². The Balaban J connectivity index is 1.39. The zero-order valence-electron chi connectivity index (χ0n) is 16.3. The highest BCUT2D eigenvalue weighted by molar-refractivity contribution is 8.00. The molecule has 152 valence electrons. The van der Waals surface area contributed by atoms with Crippen molar-refractivity contribution < 1.29 is 9.59 Å². The zero-order valence-corrected chi connectivity index (χ0v) is 17.9. The molecule has 29 heavy (non-hydrogen) atoms. The van der Waals surface area contributed by atoms with E-state index < -0.39 is 0 Å². The summed E-state index contributed by atoms with van der Waals surface area (Å²) in [5.41, 5.74) is 1.13. The molecule has 0 unspecified atom stereocenters. The minimum Gasteiger partial charge on any atom is -0.350 e. The number of piperidine rings is 1. The summed E-state index contributed by atoms with van der Waals surface area (Å²) in [5, 5.41) is 6.05. The van der Waals surface area contributed by atoms with Crippen molar-refractivity contribution >= 4 is 45.8 Å². The molecule has 1 N–H and O–H groups in total. The van der Waals surface area contributed by atoms with Crippen LogP contribution in [0.5, 0.6) is 0 Å². The number of hydrogen-bond donors (Lipinski definition) is 1. The Bertz CT molecular complexity index is 975. The van der Waals surface area contributed by atoms with Crippen molar-refractivity contribution in [3.8, 4) is 0 Å². The van der Waals surface area contributed by atoms with Gasteiger partial charge in [0.15, 0.2) is 0 Å². The van der Waals surface area contributed by atoms with Gasteiger partial charge in [-0.2, -0.15) is 0 Å². The van der Waals surface area contributed by atoms with E-state index in [0.717, 1.165) is 46.6 Å². The Morgan fingerprint density at radius 2 is 1.90 bits per heavy atom. The van der Waals surface area contributed by atoms with E-state index in [-0.39, 0.29) is 11.8 Å². The fourth-order valence-electron chi connectivity index (χ4n) is 3.67. The van der Waals surface area contributed by atoms with Gasteiger partial charge in [0.05, 0.1) is 10.6 Å². The lowest BCUT2D eigenvalue weighted by Crippen LogP contribution is -2.36. The average Bonchev–Trinajstić information content (AvgIpc) is 3.42. The lowest BCUT2D eigenvalue weighted by atomic mass is 10.1. The summed E-state index contributed by atoms with van der Waals surface area (Å²) in [6.07, 6.45) is 5.57. The van der Waals surface area contributed by atoms with E-state index in [1.54, 1.807) is 11.8 Å². The van der Waals surface area contributed by atoms with Crippen molar-refractivity contribution in [2.75, 3.05) is 25.4 Å². The molecule has 0 radical (unpaired) electrons. The third-order valence-electron chi connectivity index (χ3n) is 5.20. The van der Waals surface area contributed by atoms with E-state index in [4.69, 9.17) is 0 Å². The van der Waals surface area contributed by atoms with Gasteiger partial charge in [-0.1, -0.05) is 24.3 Å². The highest BCUT2D eigenvalue weighted by Crippen LogP contribution is 2.30. The van der Waals surface area contributed by atoms with Crippen LogP contribution in [0.25, 0.3) is 10.9 Å². The molecule has 3 heterocycles. The Kier molecular flexibility index (Phi) is 6.56. The third kappa shape index (κ3) is 4.85. The van der Waals surface area contributed by atoms with Gasteiger partial charge in [-0.3, -0.25) is 9.59 Å². The molecule has 1 fully saturated rings. The van der Waals surface area contributed by atoms with Gasteiger partial charge in [-0.15, -0.1) is 23.1 Å². The van der Waals surface area contributed by atoms with E-state index in [9.17, 15) is 9.59 Å². The molecule has 7 heteroatoms. The minimum absolute atomic E-state index is 0.0295. The highest BCUT2D eigenvalue weighted by atomic mass is 32.2. The first-order valence-electron chi connectivity index (χ1n) is 10.0. The number of rotatable bonds is 7. The zero-order chi connectivity index (χ0) is 20.1. The number of benzene rings is 1. The molecule has 1 aliphatic rings. The fourth-order valence-corrected chi connectivity index (χ4v) is 5.30. The van der Waals surface area contributed by atoms with E-state index >= 15 is 0 Å². The Labute approximate surface area is 179 Å². The Morgan fingerprint density at radius 3 is 2.69 bits per heavy atom. The molecule has 0 bridgehead atoms. The van der Waals surface area contributed by atoms with E-state index in [2.05, 4.69) is 28.2 Å². The average molecular weight is 428 g/mol. The number of hydrogen-bond acceptors (Lipinski definition) is 4. The molecule has 0 aliphatic carbocycles. The van der Waals surface area contributed by atoms with Crippen LogP contribution in [-0.4, -0.2) is 46.7 Å². The molecule has 3 aromatic rings. The number of carbonyl (C=O) groups excluding carboxylic acids is 2. The number of amides is 2. The number of thiophene rings is 1. The van der Waals surface area contributed by atoms with E-state index in [1.165, 1.54) is 17.8 Å². The van der Waals surface area contributed by atoms with Gasteiger partial charge in [0.2, 0.25) is 5.91 Å². The second-order valence-corrected chi connectivity index (χ2v) is 9.13. The quantitative estimate of drug-likeness (QED) is 0.574. The molecular weight excluding hydrogens is 402 g/mol. The highest BCUT2D eigenvalue weighted by Gasteiger charge is 2.18. The number of likely N-dealkylation sites (tertiary alicyclic amines) is 1. The topological polar surface area (TPSA) is 54.3 Å². The van der Waals surface area contributed by atoms with Crippen molar-refractivity contribution in [3.63, 3.8) is 0 Å². The lowest BCUT2D eigenvalue weighted by Gasteiger charge is -2.26. The van der Waals surface area contributed by atoms with Crippen LogP contribution in [-0.2, 0) is 11.3 Å². The number of para-hydroxylation sites is 1. The second-order valence-electron chi connectivity index (χ2n) is 7.17. The molecule has 1 aromatic carbocycles. The van der Waals surface area contributed by atoms with Crippen molar-refractivity contribution in [2.45, 2.75) is 30.7 Å². The van der Waals surface area contributed by atoms with Gasteiger partial charge in [-0.05, 0) is 36.8 Å².